The molecule has 0 unspecified atom stereocenters. The van der Waals surface area contributed by atoms with E-state index in [1.807, 2.05) is 42.5 Å². The van der Waals surface area contributed by atoms with Gasteiger partial charge in [-0.25, -0.2) is 13.1 Å². The van der Waals surface area contributed by atoms with Crippen LogP contribution in [0.1, 0.15) is 17.1 Å². The minimum Gasteiger partial charge on any atom is -0.461 e. The normalized spacial score (nSPS) is 11.4. The second kappa shape index (κ2) is 8.51. The Morgan fingerprint density at radius 1 is 1.07 bits per heavy atom. The molecule has 0 saturated carbocycles. The van der Waals surface area contributed by atoms with Gasteiger partial charge in [0.05, 0.1) is 6.54 Å². The van der Waals surface area contributed by atoms with E-state index in [1.165, 1.54) is 13.1 Å². The number of benzene rings is 1. The van der Waals surface area contributed by atoms with Gasteiger partial charge < -0.3 is 9.73 Å². The summed E-state index contributed by atoms with van der Waals surface area (Å²) in [6, 6.07) is 16.8. The van der Waals surface area contributed by atoms with Gasteiger partial charge in [0, 0.05) is 23.3 Å². The van der Waals surface area contributed by atoms with Crippen molar-refractivity contribution in [3.8, 4) is 11.3 Å². The lowest BCUT2D eigenvalue weighted by molar-refractivity contribution is -0.121. The first-order valence-electron chi connectivity index (χ1n) is 8.41. The molecule has 8 heteroatoms. The predicted octanol–water partition coefficient (Wildman–Crippen LogP) is 3.17. The number of carbonyl (C=O) groups is 1. The summed E-state index contributed by atoms with van der Waals surface area (Å²) in [7, 11) is -2.07. The Morgan fingerprint density at radius 3 is 2.59 bits per heavy atom. The van der Waals surface area contributed by atoms with E-state index in [9.17, 15) is 13.2 Å². The van der Waals surface area contributed by atoms with Gasteiger partial charge in [0.2, 0.25) is 15.9 Å². The fourth-order valence-electron chi connectivity index (χ4n) is 2.48. The molecule has 6 nitrogen and oxygen atoms in total. The zero-order valence-electron chi connectivity index (χ0n) is 14.8. The maximum absolute atomic E-state index is 12.0. The van der Waals surface area contributed by atoms with E-state index in [0.29, 0.717) is 19.4 Å². The predicted molar refractivity (Wildman–Crippen MR) is 105 cm³/mol. The van der Waals surface area contributed by atoms with Crippen LogP contribution in [0.25, 0.3) is 11.3 Å². The molecule has 1 amide bonds. The van der Waals surface area contributed by atoms with Crippen molar-refractivity contribution in [3.63, 3.8) is 0 Å². The molecule has 0 aliphatic rings. The zero-order valence-corrected chi connectivity index (χ0v) is 16.4. The van der Waals surface area contributed by atoms with Crippen LogP contribution in [0, 0.1) is 0 Å². The van der Waals surface area contributed by atoms with Crippen molar-refractivity contribution in [3.05, 3.63) is 65.2 Å². The number of carbonyl (C=O) groups excluding carboxylic acids is 1. The van der Waals surface area contributed by atoms with Crippen LogP contribution in [0.4, 0.5) is 0 Å². The summed E-state index contributed by atoms with van der Waals surface area (Å²) >= 11 is 1.14. The number of aryl methyl sites for hydroxylation is 1. The van der Waals surface area contributed by atoms with Crippen LogP contribution in [-0.2, 0) is 27.8 Å². The highest BCUT2D eigenvalue weighted by molar-refractivity contribution is 7.91. The maximum atomic E-state index is 12.0. The molecule has 0 spiro atoms. The number of rotatable bonds is 8. The molecule has 142 valence electrons. The topological polar surface area (TPSA) is 88.4 Å². The third-order valence-corrected chi connectivity index (χ3v) is 6.94. The quantitative estimate of drug-likeness (QED) is 0.604. The third-order valence-electron chi connectivity index (χ3n) is 3.95. The molecule has 2 heterocycles. The molecule has 0 bridgehead atoms. The van der Waals surface area contributed by atoms with E-state index in [4.69, 9.17) is 4.42 Å². The van der Waals surface area contributed by atoms with E-state index in [2.05, 4.69) is 10.0 Å². The molecule has 2 N–H and O–H groups in total. The highest BCUT2D eigenvalue weighted by Crippen LogP contribution is 2.23. The number of hydrogen-bond donors (Lipinski definition) is 2. The molecular weight excluding hydrogens is 384 g/mol. The first kappa shape index (κ1) is 19.3. The number of amides is 1. The first-order valence-corrected chi connectivity index (χ1v) is 10.7. The van der Waals surface area contributed by atoms with Crippen molar-refractivity contribution < 1.29 is 17.6 Å². The molecule has 27 heavy (non-hydrogen) atoms. The van der Waals surface area contributed by atoms with Crippen molar-refractivity contribution in [2.24, 2.45) is 0 Å². The van der Waals surface area contributed by atoms with Gasteiger partial charge in [-0.05, 0) is 31.3 Å². The number of nitrogens with one attached hydrogen (secondary N) is 2. The van der Waals surface area contributed by atoms with Crippen molar-refractivity contribution in [2.75, 3.05) is 7.05 Å². The molecule has 1 aromatic carbocycles. The summed E-state index contributed by atoms with van der Waals surface area (Å²) in [6.07, 6.45) is 0.803. The Balaban J connectivity index is 1.49. The smallest absolute Gasteiger partial charge is 0.249 e. The molecule has 0 aliphatic heterocycles. The summed E-state index contributed by atoms with van der Waals surface area (Å²) in [4.78, 5) is 12.8. The maximum Gasteiger partial charge on any atom is 0.249 e. The molecule has 0 aliphatic carbocycles. The van der Waals surface area contributed by atoms with Gasteiger partial charge in [-0.3, -0.25) is 4.79 Å². The molecular formula is C19H20N2O4S2. The van der Waals surface area contributed by atoms with Crippen LogP contribution in [0.2, 0.25) is 0 Å². The first-order chi connectivity index (χ1) is 13.0. The monoisotopic (exact) mass is 404 g/mol. The van der Waals surface area contributed by atoms with Gasteiger partial charge in [-0.1, -0.05) is 30.3 Å². The fourth-order valence-corrected chi connectivity index (χ4v) is 4.61. The zero-order chi connectivity index (χ0) is 19.3. The summed E-state index contributed by atoms with van der Waals surface area (Å²) in [5, 5.41) is 2.81. The largest absolute Gasteiger partial charge is 0.461 e. The lowest BCUT2D eigenvalue weighted by Crippen LogP contribution is -2.22. The van der Waals surface area contributed by atoms with Crippen molar-refractivity contribution in [2.45, 2.75) is 23.6 Å². The summed E-state index contributed by atoms with van der Waals surface area (Å²) in [5.74, 6) is 1.42. The van der Waals surface area contributed by atoms with Crippen LogP contribution < -0.4 is 10.0 Å². The van der Waals surface area contributed by atoms with Crippen LogP contribution in [0.5, 0.6) is 0 Å². The number of thiophene rings is 1. The molecule has 2 aromatic heterocycles. The Morgan fingerprint density at radius 2 is 1.85 bits per heavy atom. The Labute approximate surface area is 162 Å². The van der Waals surface area contributed by atoms with Crippen LogP contribution in [0.3, 0.4) is 0 Å². The third kappa shape index (κ3) is 5.06. The number of furan rings is 1. The average molecular weight is 405 g/mol. The van der Waals surface area contributed by atoms with Crippen LogP contribution in [-0.4, -0.2) is 21.4 Å². The van der Waals surface area contributed by atoms with Gasteiger partial charge in [0.15, 0.2) is 0 Å². The van der Waals surface area contributed by atoms with E-state index in [1.54, 1.807) is 6.07 Å². The van der Waals surface area contributed by atoms with Gasteiger partial charge in [0.25, 0.3) is 0 Å². The van der Waals surface area contributed by atoms with Crippen molar-refractivity contribution in [1.29, 1.82) is 0 Å². The summed E-state index contributed by atoms with van der Waals surface area (Å²) < 4.78 is 31.7. The molecule has 0 radical (unpaired) electrons. The average Bonchev–Trinajstić information content (AvgIpc) is 3.35. The van der Waals surface area contributed by atoms with Gasteiger partial charge >= 0.3 is 0 Å². The summed E-state index contributed by atoms with van der Waals surface area (Å²) in [5.41, 5.74) is 0.998. The highest BCUT2D eigenvalue weighted by Gasteiger charge is 2.14. The number of hydrogen-bond acceptors (Lipinski definition) is 5. The van der Waals surface area contributed by atoms with E-state index >= 15 is 0 Å². The van der Waals surface area contributed by atoms with Gasteiger partial charge in [-0.15, -0.1) is 11.3 Å². The van der Waals surface area contributed by atoms with E-state index in [-0.39, 0.29) is 10.1 Å². The Hall–Kier alpha value is -2.42. The van der Waals surface area contributed by atoms with E-state index in [0.717, 1.165) is 33.3 Å². The lowest BCUT2D eigenvalue weighted by atomic mass is 10.2. The minimum absolute atomic E-state index is 0.112. The molecule has 0 fully saturated rings. The second-order valence-corrected chi connectivity index (χ2v) is 9.12. The minimum atomic E-state index is -3.44. The highest BCUT2D eigenvalue weighted by atomic mass is 32.2. The molecule has 0 saturated heterocycles. The van der Waals surface area contributed by atoms with Crippen molar-refractivity contribution in [1.82, 2.24) is 10.0 Å². The van der Waals surface area contributed by atoms with Gasteiger partial charge in [-0.2, -0.15) is 0 Å². The standard InChI is InChI=1S/C19H20N2O4S2/c1-20-27(23,24)19-12-9-16(26-19)13-21-18(22)11-8-15-7-10-17(25-15)14-5-3-2-4-6-14/h2-7,9-10,12,20H,8,11,13H2,1H3,(H,21,22). The SMILES string of the molecule is CNS(=O)(=O)c1ccc(CNC(=O)CCc2ccc(-c3ccccc3)o2)s1. The molecule has 0 atom stereocenters. The van der Waals surface area contributed by atoms with Gasteiger partial charge in [0.1, 0.15) is 15.7 Å². The Bertz CT molecular complexity index is 1010. The number of sulfonamides is 1. The second-order valence-electron chi connectivity index (χ2n) is 5.84. The van der Waals surface area contributed by atoms with Crippen LogP contribution in [0.15, 0.2) is 63.2 Å². The lowest BCUT2D eigenvalue weighted by Gasteiger charge is -2.03. The molecule has 3 aromatic rings. The van der Waals surface area contributed by atoms with E-state index < -0.39 is 10.0 Å². The summed E-state index contributed by atoms with van der Waals surface area (Å²) in [6.45, 7) is 0.302. The molecule has 3 rings (SSSR count). The fraction of sp³-hybridized carbons (Fsp3) is 0.211. The Kier molecular flexibility index (Phi) is 6.10. The van der Waals surface area contributed by atoms with Crippen LogP contribution >= 0.6 is 11.3 Å². The van der Waals surface area contributed by atoms with Crippen molar-refractivity contribution >= 4 is 27.3 Å².